The van der Waals surface area contributed by atoms with Crippen LogP contribution in [0.3, 0.4) is 0 Å². The SMILES string of the molecule is Cc1cc(-c2ncc(C3CCC(C)CC3)cn2)c(C)c(C)c1C1CCC(C)CC1.Cc1cc(CC2CCC(C)CC2)c(C)c(C)c1CC1CCC(C)CC1.Cc1cc(CC2CCC(CC3CCC(C)CC3)CC2)c(C)c(C)c1C.Cc1cc(Cc2c(C)cc(CC3CCC(C)CC3)c(C)c2C)c(C)c(C)c1C. The van der Waals surface area contributed by atoms with Gasteiger partial charge < -0.3 is 0 Å². The molecule has 7 fully saturated rings. The smallest absolute Gasteiger partial charge is 0.159 e. The molecule has 0 radical (unpaired) electrons. The zero-order chi connectivity index (χ0) is 77.1. The number of hydrogen-bond acceptors (Lipinski definition) is 2. The highest BCUT2D eigenvalue weighted by atomic mass is 14.9. The van der Waals surface area contributed by atoms with E-state index in [1.165, 1.54) is 294 Å². The molecule has 0 saturated heterocycles. The predicted molar refractivity (Wildman–Crippen MR) is 467 cm³/mol. The molecule has 2 heteroatoms. The molecule has 7 aliphatic rings. The Balaban J connectivity index is 0.000000153. The van der Waals surface area contributed by atoms with Crippen LogP contribution < -0.4 is 0 Å². The number of aryl methyl sites for hydroxylation is 5. The van der Waals surface area contributed by atoms with Crippen LogP contribution in [0, 0.1) is 189 Å². The molecule has 6 aromatic rings. The molecular formula is C105H158N2. The second-order valence-corrected chi connectivity index (χ2v) is 39.4. The highest BCUT2D eigenvalue weighted by Crippen LogP contribution is 2.45. The molecule has 1 aromatic heterocycles. The summed E-state index contributed by atoms with van der Waals surface area (Å²) >= 11 is 0. The Kier molecular flexibility index (Phi) is 30.9. The first-order chi connectivity index (χ1) is 51.0. The Hall–Kier alpha value is -4.82. The summed E-state index contributed by atoms with van der Waals surface area (Å²) in [6, 6.07) is 12.3. The van der Waals surface area contributed by atoms with Crippen molar-refractivity contribution in [2.45, 2.75) is 389 Å². The van der Waals surface area contributed by atoms with Gasteiger partial charge in [0.2, 0.25) is 0 Å². The zero-order valence-corrected chi connectivity index (χ0v) is 73.6. The minimum Gasteiger partial charge on any atom is -0.236 e. The number of benzene rings is 5. The first kappa shape index (κ1) is 84.6. The van der Waals surface area contributed by atoms with E-state index in [2.05, 4.69) is 202 Å². The van der Waals surface area contributed by atoms with Crippen molar-refractivity contribution in [2.24, 2.45) is 71.0 Å². The van der Waals surface area contributed by atoms with Crippen molar-refractivity contribution >= 4 is 0 Å². The van der Waals surface area contributed by atoms with E-state index in [0.717, 1.165) is 89.2 Å². The third-order valence-corrected chi connectivity index (χ3v) is 31.4. The maximum absolute atomic E-state index is 4.83. The molecule has 0 N–H and O–H groups in total. The van der Waals surface area contributed by atoms with Gasteiger partial charge in [0.25, 0.3) is 0 Å². The molecule has 0 atom stereocenters. The van der Waals surface area contributed by atoms with Gasteiger partial charge in [-0.25, -0.2) is 9.97 Å². The summed E-state index contributed by atoms with van der Waals surface area (Å²) in [4.78, 5) is 9.65. The van der Waals surface area contributed by atoms with Gasteiger partial charge in [-0.1, -0.05) is 169 Å². The number of hydrogen-bond donors (Lipinski definition) is 0. The van der Waals surface area contributed by atoms with Gasteiger partial charge in [-0.3, -0.25) is 0 Å². The van der Waals surface area contributed by atoms with Gasteiger partial charge in [0.1, 0.15) is 0 Å². The van der Waals surface area contributed by atoms with Crippen LogP contribution in [0.5, 0.6) is 0 Å². The Labute approximate surface area is 659 Å². The van der Waals surface area contributed by atoms with E-state index >= 15 is 0 Å². The minimum absolute atomic E-state index is 0.654. The van der Waals surface area contributed by atoms with Crippen LogP contribution >= 0.6 is 0 Å². The van der Waals surface area contributed by atoms with Crippen molar-refractivity contribution in [3.05, 3.63) is 182 Å². The molecule has 107 heavy (non-hydrogen) atoms. The van der Waals surface area contributed by atoms with Gasteiger partial charge >= 0.3 is 0 Å². The molecule has 13 rings (SSSR count). The standard InChI is InChI=1S/C28H40.C27H38N2.2C25H40/c1-17-9-11-25(12-10-17)15-26-14-19(3)28(24(8)23(26)7)16-27-13-18(2)20(4)21(5)22(27)6;1-17-6-10-22(11-7-17)24-15-28-27(29-16-24)25-14-19(3)26(21(5)20(25)4)23-12-8-18(2)9-13-23;1-17-6-10-22(11-7-17)15-24-14-19(3)25(21(5)20(24)4)16-23-12-8-18(2)9-13-23;1-17-6-8-22(9-7-17)15-23-10-12-24(13-11-23)16-25-14-18(2)19(3)20(4)21(25)5/h13-14,17,25H,9-12,15-16H2,1-8H3;14-18,22-23H,6-13H2,1-5H3;14,17-18,22-23H,6-13,15-16H2,1-5H3;14,17,22-24H,6-13,15-16H2,1-5H3. The molecule has 7 aliphatic carbocycles. The Morgan fingerprint density at radius 1 is 0.252 bits per heavy atom. The largest absolute Gasteiger partial charge is 0.236 e. The van der Waals surface area contributed by atoms with Gasteiger partial charge in [0, 0.05) is 18.0 Å². The molecular weight excluding hydrogens is 1290 g/mol. The van der Waals surface area contributed by atoms with Crippen LogP contribution in [0.1, 0.15) is 379 Å². The fraction of sp³-hybridized carbons (Fsp3) is 0.676. The maximum atomic E-state index is 4.83. The molecule has 2 nitrogen and oxygen atoms in total. The summed E-state index contributed by atoms with van der Waals surface area (Å²) < 4.78 is 0. The first-order valence-corrected chi connectivity index (χ1v) is 45.2. The fourth-order valence-electron chi connectivity index (χ4n) is 21.9. The lowest BCUT2D eigenvalue weighted by Crippen LogP contribution is -2.21. The zero-order valence-electron chi connectivity index (χ0n) is 73.6. The Morgan fingerprint density at radius 3 is 0.981 bits per heavy atom. The van der Waals surface area contributed by atoms with Gasteiger partial charge in [-0.2, -0.15) is 0 Å². The summed E-state index contributed by atoms with van der Waals surface area (Å²) in [5, 5.41) is 0. The highest BCUT2D eigenvalue weighted by molar-refractivity contribution is 5.66. The van der Waals surface area contributed by atoms with Crippen molar-refractivity contribution in [3.8, 4) is 11.4 Å². The summed E-state index contributed by atoms with van der Waals surface area (Å²) in [5.41, 5.74) is 39.2. The van der Waals surface area contributed by atoms with Crippen LogP contribution in [0.15, 0.2) is 42.7 Å². The number of rotatable bonds is 15. The van der Waals surface area contributed by atoms with Gasteiger partial charge in [0.05, 0.1) is 0 Å². The van der Waals surface area contributed by atoms with Crippen LogP contribution in [-0.4, -0.2) is 9.97 Å². The van der Waals surface area contributed by atoms with E-state index < -0.39 is 0 Å². The molecule has 7 saturated carbocycles. The fourth-order valence-corrected chi connectivity index (χ4v) is 21.9. The summed E-state index contributed by atoms with van der Waals surface area (Å²) in [6.07, 6.45) is 51.9. The van der Waals surface area contributed by atoms with E-state index in [4.69, 9.17) is 9.97 Å². The average Bonchev–Trinajstić information content (AvgIpc) is 0.803. The monoisotopic (exact) mass is 1450 g/mol. The molecule has 0 spiro atoms. The lowest BCUT2D eigenvalue weighted by atomic mass is 9.72. The van der Waals surface area contributed by atoms with Crippen LogP contribution in [0.4, 0.5) is 0 Å². The summed E-state index contributed by atoms with van der Waals surface area (Å²) in [6.45, 7) is 53.9. The van der Waals surface area contributed by atoms with E-state index in [9.17, 15) is 0 Å². The predicted octanol–water partition coefficient (Wildman–Crippen LogP) is 30.3. The van der Waals surface area contributed by atoms with Crippen molar-refractivity contribution in [1.29, 1.82) is 0 Å². The number of nitrogens with zero attached hydrogens (tertiary/aromatic N) is 2. The molecule has 0 aliphatic heterocycles. The molecule has 0 unspecified atom stereocenters. The summed E-state index contributed by atoms with van der Waals surface area (Å²) in [5.74, 6) is 13.7. The Morgan fingerprint density at radius 2 is 0.561 bits per heavy atom. The topological polar surface area (TPSA) is 25.8 Å². The lowest BCUT2D eigenvalue weighted by molar-refractivity contribution is 0.195. The molecule has 0 bridgehead atoms. The van der Waals surface area contributed by atoms with Crippen molar-refractivity contribution in [1.82, 2.24) is 9.97 Å². The normalized spacial score (nSPS) is 26.9. The lowest BCUT2D eigenvalue weighted by Gasteiger charge is -2.33. The highest BCUT2D eigenvalue weighted by Gasteiger charge is 2.31. The number of aromatic nitrogens is 2. The molecule has 5 aromatic carbocycles. The van der Waals surface area contributed by atoms with E-state index in [-0.39, 0.29) is 0 Å². The van der Waals surface area contributed by atoms with Crippen molar-refractivity contribution in [3.63, 3.8) is 0 Å². The molecule has 588 valence electrons. The van der Waals surface area contributed by atoms with Gasteiger partial charge in [-0.15, -0.1) is 0 Å². The van der Waals surface area contributed by atoms with Crippen molar-refractivity contribution < 1.29 is 0 Å². The van der Waals surface area contributed by atoms with Crippen LogP contribution in [0.25, 0.3) is 11.4 Å². The van der Waals surface area contributed by atoms with Gasteiger partial charge in [-0.05, 0) is 461 Å². The van der Waals surface area contributed by atoms with Crippen molar-refractivity contribution in [2.75, 3.05) is 0 Å². The van der Waals surface area contributed by atoms with Crippen LogP contribution in [0.2, 0.25) is 0 Å². The average molecular weight is 1450 g/mol. The van der Waals surface area contributed by atoms with E-state index in [1.54, 1.807) is 62.1 Å². The van der Waals surface area contributed by atoms with Gasteiger partial charge in [0.15, 0.2) is 5.82 Å². The summed E-state index contributed by atoms with van der Waals surface area (Å²) in [7, 11) is 0. The Bertz CT molecular complexity index is 3830. The first-order valence-electron chi connectivity index (χ1n) is 45.2. The second-order valence-electron chi connectivity index (χ2n) is 39.4. The third-order valence-electron chi connectivity index (χ3n) is 31.4. The minimum atomic E-state index is 0.654. The maximum Gasteiger partial charge on any atom is 0.159 e. The second kappa shape index (κ2) is 39.1. The van der Waals surface area contributed by atoms with E-state index in [0.29, 0.717) is 5.92 Å². The van der Waals surface area contributed by atoms with E-state index in [1.807, 2.05) is 0 Å². The molecule has 1 heterocycles. The quantitative estimate of drug-likeness (QED) is 0.102. The van der Waals surface area contributed by atoms with Crippen LogP contribution in [-0.2, 0) is 32.1 Å². The third kappa shape index (κ3) is 22.3. The molecule has 0 amide bonds.